The van der Waals surface area contributed by atoms with Gasteiger partial charge in [0.2, 0.25) is 27.6 Å². The van der Waals surface area contributed by atoms with E-state index >= 15 is 0 Å². The summed E-state index contributed by atoms with van der Waals surface area (Å²) in [7, 11) is -3.75. The summed E-state index contributed by atoms with van der Waals surface area (Å²) in [5, 5.41) is 6.95. The Morgan fingerprint density at radius 1 is 1.24 bits per heavy atom. The largest absolute Gasteiger partial charge is 0.465 e. The van der Waals surface area contributed by atoms with Crippen molar-refractivity contribution in [3.05, 3.63) is 40.5 Å². The number of aromatic nitrogens is 2. The lowest BCUT2D eigenvalue weighted by Gasteiger charge is -2.31. The van der Waals surface area contributed by atoms with Crippen LogP contribution in [0.4, 0.5) is 0 Å². The van der Waals surface area contributed by atoms with Crippen LogP contribution in [0.5, 0.6) is 0 Å². The minimum absolute atomic E-state index is 0.157. The molecule has 0 spiro atoms. The van der Waals surface area contributed by atoms with Gasteiger partial charge in [0.25, 0.3) is 0 Å². The van der Waals surface area contributed by atoms with Gasteiger partial charge in [0, 0.05) is 23.9 Å². The van der Waals surface area contributed by atoms with E-state index in [1.54, 1.807) is 13.0 Å². The topological polar surface area (TPSA) is 119 Å². The smallest absolute Gasteiger partial charge is 0.244 e. The lowest BCUT2D eigenvalue weighted by atomic mass is 9.85. The summed E-state index contributed by atoms with van der Waals surface area (Å²) in [6.07, 6.45) is 4.55. The number of nitrogens with one attached hydrogen (secondary N) is 1. The van der Waals surface area contributed by atoms with Gasteiger partial charge in [-0.25, -0.2) is 8.42 Å². The van der Waals surface area contributed by atoms with Crippen molar-refractivity contribution in [2.45, 2.75) is 63.3 Å². The molecule has 0 radical (unpaired) electrons. The van der Waals surface area contributed by atoms with Crippen molar-refractivity contribution in [1.82, 2.24) is 19.8 Å². The van der Waals surface area contributed by atoms with E-state index in [1.165, 1.54) is 22.1 Å². The van der Waals surface area contributed by atoms with Crippen LogP contribution in [0.25, 0.3) is 10.7 Å². The molecule has 1 aliphatic heterocycles. The fraction of sp³-hybridized carbons (Fsp3) is 0.522. The Balaban J connectivity index is 1.28. The molecule has 1 N–H and O–H groups in total. The van der Waals surface area contributed by atoms with E-state index in [2.05, 4.69) is 15.5 Å². The molecular formula is C23H28N4O5S2. The van der Waals surface area contributed by atoms with E-state index in [1.807, 2.05) is 19.1 Å². The summed E-state index contributed by atoms with van der Waals surface area (Å²) >= 11 is 1.34. The van der Waals surface area contributed by atoms with E-state index in [9.17, 15) is 13.2 Å². The molecule has 1 amide bonds. The quantitative estimate of drug-likeness (QED) is 0.517. The molecule has 1 atom stereocenters. The van der Waals surface area contributed by atoms with Gasteiger partial charge in [-0.2, -0.15) is 9.29 Å². The number of hydrogen-bond donors (Lipinski definition) is 1. The van der Waals surface area contributed by atoms with Crippen molar-refractivity contribution in [2.24, 2.45) is 5.92 Å². The van der Waals surface area contributed by atoms with E-state index < -0.39 is 15.9 Å². The third-order valence-corrected chi connectivity index (χ3v) is 9.76. The van der Waals surface area contributed by atoms with Gasteiger partial charge in [-0.15, -0.1) is 11.3 Å². The Bertz CT molecular complexity index is 1290. The molecule has 4 heterocycles. The Morgan fingerprint density at radius 3 is 2.76 bits per heavy atom. The predicted octanol–water partition coefficient (Wildman–Crippen LogP) is 3.99. The monoisotopic (exact) mass is 504 g/mol. The number of hydrogen-bond acceptors (Lipinski definition) is 8. The molecule has 0 bridgehead atoms. The molecule has 11 heteroatoms. The molecule has 3 aromatic rings. The average molecular weight is 505 g/mol. The first-order chi connectivity index (χ1) is 16.3. The van der Waals surface area contributed by atoms with Crippen LogP contribution in [0.2, 0.25) is 0 Å². The van der Waals surface area contributed by atoms with Crippen LogP contribution in [0.3, 0.4) is 0 Å². The fourth-order valence-corrected chi connectivity index (χ4v) is 7.41. The molecule has 5 rings (SSSR count). The molecule has 3 aromatic heterocycles. The van der Waals surface area contributed by atoms with Gasteiger partial charge in [-0.1, -0.05) is 11.6 Å². The average Bonchev–Trinajstić information content (AvgIpc) is 3.51. The number of nitrogens with zero attached hydrogens (tertiary/aromatic N) is 3. The highest BCUT2D eigenvalue weighted by molar-refractivity contribution is 7.89. The number of amides is 1. The van der Waals surface area contributed by atoms with Crippen LogP contribution in [0, 0.1) is 19.8 Å². The Morgan fingerprint density at radius 2 is 2.06 bits per heavy atom. The lowest BCUT2D eigenvalue weighted by Crippen LogP contribution is -2.45. The molecule has 1 saturated carbocycles. The van der Waals surface area contributed by atoms with Gasteiger partial charge in [0.15, 0.2) is 0 Å². The zero-order valence-corrected chi connectivity index (χ0v) is 20.9. The predicted molar refractivity (Wildman–Crippen MR) is 126 cm³/mol. The highest BCUT2D eigenvalue weighted by atomic mass is 32.2. The van der Waals surface area contributed by atoms with Gasteiger partial charge in [-0.05, 0) is 57.7 Å². The van der Waals surface area contributed by atoms with Crippen molar-refractivity contribution in [2.75, 3.05) is 13.1 Å². The van der Waals surface area contributed by atoms with Crippen molar-refractivity contribution in [3.8, 4) is 10.7 Å². The highest BCUT2D eigenvalue weighted by Gasteiger charge is 2.35. The Labute approximate surface area is 202 Å². The first kappa shape index (κ1) is 23.3. The van der Waals surface area contributed by atoms with E-state index in [0.29, 0.717) is 52.5 Å². The summed E-state index contributed by atoms with van der Waals surface area (Å²) in [5.74, 6) is 2.28. The van der Waals surface area contributed by atoms with Crippen LogP contribution in [0.1, 0.15) is 60.3 Å². The fourth-order valence-electron chi connectivity index (χ4n) is 4.40. The minimum Gasteiger partial charge on any atom is -0.465 e. The first-order valence-electron chi connectivity index (χ1n) is 11.6. The minimum atomic E-state index is -3.75. The maximum atomic E-state index is 13.5. The maximum Gasteiger partial charge on any atom is 0.244 e. The number of rotatable bonds is 7. The number of aryl methyl sites for hydroxylation is 2. The SMILES string of the molecule is Cc1ccc(CNC(=O)[C@H]2CCCN(S(=O)(=O)c3cc(-c4noc(C5CCC5)n4)sc3C)C2)o1. The number of carbonyl (C=O) groups is 1. The standard InChI is InChI=1S/C23H28N4O5S2/c1-14-8-9-18(31-14)12-24-22(28)17-7-4-10-27(13-17)34(29,30)20-11-19(33-15(20)2)21-25-23(32-26-21)16-5-3-6-16/h8-9,11,16-17H,3-7,10,12-13H2,1-2H3,(H,24,28)/t17-/m0/s1. The number of thiophene rings is 1. The highest BCUT2D eigenvalue weighted by Crippen LogP contribution is 2.38. The zero-order valence-electron chi connectivity index (χ0n) is 19.2. The molecule has 0 unspecified atom stereocenters. The summed E-state index contributed by atoms with van der Waals surface area (Å²) in [6, 6.07) is 5.30. The van der Waals surface area contributed by atoms with Crippen LogP contribution in [0.15, 0.2) is 32.0 Å². The number of sulfonamides is 1. The van der Waals surface area contributed by atoms with Crippen molar-refractivity contribution in [3.63, 3.8) is 0 Å². The van der Waals surface area contributed by atoms with Crippen molar-refractivity contribution < 1.29 is 22.2 Å². The molecule has 1 aliphatic carbocycles. The van der Waals surface area contributed by atoms with Crippen LogP contribution < -0.4 is 5.32 Å². The number of piperidine rings is 1. The second kappa shape index (κ2) is 9.27. The van der Waals surface area contributed by atoms with Gasteiger partial charge >= 0.3 is 0 Å². The Hall–Kier alpha value is -2.50. The Kier molecular flexibility index (Phi) is 6.34. The molecule has 2 aliphatic rings. The van der Waals surface area contributed by atoms with Gasteiger partial charge in [0.05, 0.1) is 22.2 Å². The van der Waals surface area contributed by atoms with Crippen LogP contribution in [-0.2, 0) is 21.4 Å². The second-order valence-electron chi connectivity index (χ2n) is 9.05. The number of carbonyl (C=O) groups excluding carboxylic acids is 1. The number of furan rings is 1. The molecule has 9 nitrogen and oxygen atoms in total. The first-order valence-corrected chi connectivity index (χ1v) is 13.8. The molecular weight excluding hydrogens is 476 g/mol. The molecule has 1 saturated heterocycles. The molecule has 0 aromatic carbocycles. The summed E-state index contributed by atoms with van der Waals surface area (Å²) in [5.41, 5.74) is 0. The van der Waals surface area contributed by atoms with Crippen molar-refractivity contribution >= 4 is 27.3 Å². The van der Waals surface area contributed by atoms with Gasteiger partial charge in [0.1, 0.15) is 11.5 Å². The van der Waals surface area contributed by atoms with E-state index in [4.69, 9.17) is 8.94 Å². The van der Waals surface area contributed by atoms with Crippen LogP contribution >= 0.6 is 11.3 Å². The molecule has 34 heavy (non-hydrogen) atoms. The normalized spacial score (nSPS) is 19.8. The summed E-state index contributed by atoms with van der Waals surface area (Å²) < 4.78 is 39.3. The van der Waals surface area contributed by atoms with Crippen LogP contribution in [-0.4, -0.2) is 41.9 Å². The lowest BCUT2D eigenvalue weighted by molar-refractivity contribution is -0.126. The maximum absolute atomic E-state index is 13.5. The zero-order chi connectivity index (χ0) is 23.9. The molecule has 182 valence electrons. The third kappa shape index (κ3) is 4.56. The third-order valence-electron chi connectivity index (χ3n) is 6.59. The van der Waals surface area contributed by atoms with Gasteiger partial charge < -0.3 is 14.3 Å². The second-order valence-corrected chi connectivity index (χ2v) is 12.2. The summed E-state index contributed by atoms with van der Waals surface area (Å²) in [4.78, 5) is 18.8. The molecule has 2 fully saturated rings. The van der Waals surface area contributed by atoms with E-state index in [-0.39, 0.29) is 23.9 Å². The van der Waals surface area contributed by atoms with Gasteiger partial charge in [-0.3, -0.25) is 4.79 Å². The van der Waals surface area contributed by atoms with Crippen molar-refractivity contribution in [1.29, 1.82) is 0 Å². The summed E-state index contributed by atoms with van der Waals surface area (Å²) in [6.45, 7) is 4.47. The van der Waals surface area contributed by atoms with E-state index in [0.717, 1.165) is 18.6 Å².